The summed E-state index contributed by atoms with van der Waals surface area (Å²) >= 11 is 0. The number of aryl methyl sites for hydroxylation is 1. The Morgan fingerprint density at radius 1 is 1.44 bits per heavy atom. The zero-order chi connectivity index (χ0) is 12.0. The Kier molecular flexibility index (Phi) is 4.88. The van der Waals surface area contributed by atoms with E-state index in [1.807, 2.05) is 32.0 Å². The van der Waals surface area contributed by atoms with Crippen LogP contribution in [0.1, 0.15) is 37.5 Å². The third kappa shape index (κ3) is 3.60. The van der Waals surface area contributed by atoms with Gasteiger partial charge in [0.15, 0.2) is 0 Å². The van der Waals surface area contributed by atoms with Gasteiger partial charge < -0.3 is 9.84 Å². The molecule has 1 aromatic rings. The molecule has 0 bridgehead atoms. The van der Waals surface area contributed by atoms with Crippen LogP contribution in [0.2, 0.25) is 0 Å². The van der Waals surface area contributed by atoms with Gasteiger partial charge >= 0.3 is 0 Å². The first kappa shape index (κ1) is 12.6. The van der Waals surface area contributed by atoms with E-state index in [2.05, 4.69) is 11.8 Å². The number of hydrogen-bond donors (Lipinski definition) is 1. The molecule has 0 aromatic heterocycles. The molecule has 0 aliphatic carbocycles. The first-order valence-corrected chi connectivity index (χ1v) is 5.46. The average molecular weight is 218 g/mol. The van der Waals surface area contributed by atoms with Crippen molar-refractivity contribution in [2.45, 2.75) is 33.3 Å². The predicted octanol–water partition coefficient (Wildman–Crippen LogP) is 2.84. The smallest absolute Gasteiger partial charge is 0.125 e. The second-order valence-electron chi connectivity index (χ2n) is 3.74. The van der Waals surface area contributed by atoms with Crippen molar-refractivity contribution in [2.24, 2.45) is 0 Å². The molecular weight excluding hydrogens is 200 g/mol. The molecule has 16 heavy (non-hydrogen) atoms. The Balaban J connectivity index is 2.74. The third-order valence-electron chi connectivity index (χ3n) is 2.28. The second-order valence-corrected chi connectivity index (χ2v) is 3.74. The first-order chi connectivity index (χ1) is 7.65. The Labute approximate surface area is 97.3 Å². The molecule has 0 aliphatic rings. The number of ether oxygens (including phenoxy) is 1. The van der Waals surface area contributed by atoms with E-state index in [9.17, 15) is 5.11 Å². The number of aliphatic hydroxyl groups is 1. The first-order valence-electron chi connectivity index (χ1n) is 5.46. The number of rotatable bonds is 4. The van der Waals surface area contributed by atoms with Gasteiger partial charge in [0.25, 0.3) is 0 Å². The van der Waals surface area contributed by atoms with Gasteiger partial charge in [-0.15, -0.1) is 11.8 Å². The monoisotopic (exact) mass is 218 g/mol. The van der Waals surface area contributed by atoms with Crippen LogP contribution in [0.15, 0.2) is 18.2 Å². The van der Waals surface area contributed by atoms with Gasteiger partial charge in [0, 0.05) is 12.0 Å². The molecule has 1 rings (SSSR count). The Morgan fingerprint density at radius 3 is 2.81 bits per heavy atom. The fourth-order valence-corrected chi connectivity index (χ4v) is 1.45. The fraction of sp³-hybridized carbons (Fsp3) is 0.429. The lowest BCUT2D eigenvalue weighted by Gasteiger charge is -2.13. The highest BCUT2D eigenvalue weighted by Crippen LogP contribution is 2.26. The average Bonchev–Trinajstić information content (AvgIpc) is 2.24. The van der Waals surface area contributed by atoms with E-state index in [-0.39, 0.29) is 0 Å². The minimum absolute atomic E-state index is 0.507. The van der Waals surface area contributed by atoms with Crippen LogP contribution < -0.4 is 4.74 Å². The van der Waals surface area contributed by atoms with E-state index in [0.717, 1.165) is 16.9 Å². The standard InChI is InChI=1S/C14H18O2/c1-4-5-6-9-16-14-10-11(2)7-8-13(14)12(3)15/h7-8,10,12,15H,6,9H2,1-3H3. The van der Waals surface area contributed by atoms with E-state index in [0.29, 0.717) is 13.0 Å². The van der Waals surface area contributed by atoms with E-state index in [1.54, 1.807) is 6.92 Å². The van der Waals surface area contributed by atoms with Crippen LogP contribution in [0.25, 0.3) is 0 Å². The van der Waals surface area contributed by atoms with Crippen LogP contribution in [0, 0.1) is 18.8 Å². The van der Waals surface area contributed by atoms with Crippen molar-refractivity contribution in [3.8, 4) is 17.6 Å². The van der Waals surface area contributed by atoms with Gasteiger partial charge in [-0.2, -0.15) is 0 Å². The Morgan fingerprint density at radius 2 is 2.19 bits per heavy atom. The minimum atomic E-state index is -0.507. The SMILES string of the molecule is CC#CCCOc1cc(C)ccc1C(C)O. The summed E-state index contributed by atoms with van der Waals surface area (Å²) in [4.78, 5) is 0. The molecule has 2 heteroatoms. The van der Waals surface area contributed by atoms with Gasteiger partial charge in [-0.05, 0) is 32.4 Å². The van der Waals surface area contributed by atoms with Gasteiger partial charge in [0.2, 0.25) is 0 Å². The van der Waals surface area contributed by atoms with Crippen molar-refractivity contribution in [3.05, 3.63) is 29.3 Å². The molecule has 0 amide bonds. The zero-order valence-corrected chi connectivity index (χ0v) is 10.1. The van der Waals surface area contributed by atoms with Gasteiger partial charge in [-0.1, -0.05) is 12.1 Å². The summed E-state index contributed by atoms with van der Waals surface area (Å²) in [5.41, 5.74) is 1.95. The Bertz CT molecular complexity index is 397. The van der Waals surface area contributed by atoms with Crippen LogP contribution in [0.3, 0.4) is 0 Å². The van der Waals surface area contributed by atoms with Gasteiger partial charge in [0.1, 0.15) is 5.75 Å². The maximum Gasteiger partial charge on any atom is 0.125 e. The molecule has 86 valence electrons. The van der Waals surface area contributed by atoms with Crippen molar-refractivity contribution in [2.75, 3.05) is 6.61 Å². The van der Waals surface area contributed by atoms with Crippen molar-refractivity contribution >= 4 is 0 Å². The van der Waals surface area contributed by atoms with Crippen LogP contribution in [0.4, 0.5) is 0 Å². The molecule has 0 saturated carbocycles. The summed E-state index contributed by atoms with van der Waals surface area (Å²) in [6.45, 7) is 6.12. The molecule has 1 N–H and O–H groups in total. The van der Waals surface area contributed by atoms with E-state index in [4.69, 9.17) is 4.74 Å². The predicted molar refractivity (Wildman–Crippen MR) is 65.4 cm³/mol. The summed E-state index contributed by atoms with van der Waals surface area (Å²) in [6, 6.07) is 5.82. The van der Waals surface area contributed by atoms with Gasteiger partial charge in [-0.25, -0.2) is 0 Å². The molecule has 1 unspecified atom stereocenters. The van der Waals surface area contributed by atoms with E-state index < -0.39 is 6.10 Å². The largest absolute Gasteiger partial charge is 0.492 e. The van der Waals surface area contributed by atoms with Crippen LogP contribution in [-0.2, 0) is 0 Å². The molecule has 2 nitrogen and oxygen atoms in total. The molecule has 1 atom stereocenters. The molecule has 0 spiro atoms. The van der Waals surface area contributed by atoms with Crippen LogP contribution in [0.5, 0.6) is 5.75 Å². The quantitative estimate of drug-likeness (QED) is 0.622. The zero-order valence-electron chi connectivity index (χ0n) is 10.1. The lowest BCUT2D eigenvalue weighted by molar-refractivity contribution is 0.191. The van der Waals surface area contributed by atoms with Crippen LogP contribution in [-0.4, -0.2) is 11.7 Å². The number of hydrogen-bond acceptors (Lipinski definition) is 2. The second kappa shape index (κ2) is 6.19. The van der Waals surface area contributed by atoms with Gasteiger partial charge in [0.05, 0.1) is 12.7 Å². The highest BCUT2D eigenvalue weighted by Gasteiger charge is 2.08. The normalized spacial score (nSPS) is 11.5. The minimum Gasteiger partial charge on any atom is -0.492 e. The summed E-state index contributed by atoms with van der Waals surface area (Å²) in [5, 5.41) is 9.59. The molecule has 0 heterocycles. The van der Waals surface area contributed by atoms with Gasteiger partial charge in [-0.3, -0.25) is 0 Å². The van der Waals surface area contributed by atoms with E-state index >= 15 is 0 Å². The maximum atomic E-state index is 9.59. The number of aliphatic hydroxyl groups excluding tert-OH is 1. The lowest BCUT2D eigenvalue weighted by atomic mass is 10.1. The van der Waals surface area contributed by atoms with Crippen molar-refractivity contribution in [1.29, 1.82) is 0 Å². The molecule has 0 aliphatic heterocycles. The van der Waals surface area contributed by atoms with Crippen LogP contribution >= 0.6 is 0 Å². The van der Waals surface area contributed by atoms with E-state index in [1.165, 1.54) is 0 Å². The highest BCUT2D eigenvalue weighted by molar-refractivity contribution is 5.38. The Hall–Kier alpha value is -1.46. The molecule has 0 saturated heterocycles. The third-order valence-corrected chi connectivity index (χ3v) is 2.28. The lowest BCUT2D eigenvalue weighted by Crippen LogP contribution is -2.02. The summed E-state index contributed by atoms with van der Waals surface area (Å²) < 4.78 is 5.62. The van der Waals surface area contributed by atoms with Crippen molar-refractivity contribution < 1.29 is 9.84 Å². The topological polar surface area (TPSA) is 29.5 Å². The maximum absolute atomic E-state index is 9.59. The summed E-state index contributed by atoms with van der Waals surface area (Å²) in [5.74, 6) is 6.52. The molecular formula is C14H18O2. The molecule has 0 fully saturated rings. The molecule has 0 radical (unpaired) electrons. The fourth-order valence-electron chi connectivity index (χ4n) is 1.45. The summed E-state index contributed by atoms with van der Waals surface area (Å²) in [6.07, 6.45) is 0.205. The van der Waals surface area contributed by atoms with Crippen molar-refractivity contribution in [1.82, 2.24) is 0 Å². The summed E-state index contributed by atoms with van der Waals surface area (Å²) in [7, 11) is 0. The molecule has 1 aromatic carbocycles. The van der Waals surface area contributed by atoms with Crippen molar-refractivity contribution in [3.63, 3.8) is 0 Å². The number of benzene rings is 1. The highest BCUT2D eigenvalue weighted by atomic mass is 16.5.